The van der Waals surface area contributed by atoms with Gasteiger partial charge in [0.05, 0.1) is 0 Å². The van der Waals surface area contributed by atoms with E-state index < -0.39 is 0 Å². The number of carbonyl (C=O) groups excluding carboxylic acids is 1. The van der Waals surface area contributed by atoms with Gasteiger partial charge < -0.3 is 14.3 Å². The molecule has 3 aromatic rings. The van der Waals surface area contributed by atoms with Gasteiger partial charge in [-0.15, -0.1) is 10.2 Å². The van der Waals surface area contributed by atoms with Crippen LogP contribution in [0.5, 0.6) is 0 Å². The van der Waals surface area contributed by atoms with Crippen LogP contribution in [-0.2, 0) is 11.3 Å². The third-order valence-electron chi connectivity index (χ3n) is 3.88. The van der Waals surface area contributed by atoms with Crippen molar-refractivity contribution in [2.45, 2.75) is 39.8 Å². The lowest BCUT2D eigenvalue weighted by Gasteiger charge is -2.12. The Labute approximate surface area is 134 Å². The normalized spacial score (nSPS) is 12.5. The summed E-state index contributed by atoms with van der Waals surface area (Å²) in [6.45, 7) is 6.10. The van der Waals surface area contributed by atoms with Crippen molar-refractivity contribution in [3.63, 3.8) is 0 Å². The van der Waals surface area contributed by atoms with Crippen LogP contribution in [0.15, 0.2) is 34.9 Å². The summed E-state index contributed by atoms with van der Waals surface area (Å²) >= 11 is 0. The smallest absolute Gasteiger partial charge is 0.247 e. The number of nitrogens with one attached hydrogen (secondary N) is 1. The summed E-state index contributed by atoms with van der Waals surface area (Å²) in [5.41, 5.74) is 1.82. The number of hydrogen-bond donors (Lipinski definition) is 1. The lowest BCUT2D eigenvalue weighted by molar-refractivity contribution is -0.122. The predicted molar refractivity (Wildman–Crippen MR) is 87.9 cm³/mol. The van der Waals surface area contributed by atoms with Crippen molar-refractivity contribution in [3.05, 3.63) is 36.4 Å². The van der Waals surface area contributed by atoms with E-state index >= 15 is 0 Å². The monoisotopic (exact) mass is 312 g/mol. The zero-order chi connectivity index (χ0) is 16.4. The molecule has 6 heteroatoms. The topological polar surface area (TPSA) is 73.0 Å². The molecule has 1 N–H and O–H groups in total. The number of fused-ring (bicyclic) bond motifs is 1. The van der Waals surface area contributed by atoms with Crippen molar-refractivity contribution in [2.24, 2.45) is 0 Å². The molecule has 0 bridgehead atoms. The van der Waals surface area contributed by atoms with E-state index in [1.54, 1.807) is 6.92 Å². The maximum absolute atomic E-state index is 12.1. The van der Waals surface area contributed by atoms with Crippen LogP contribution in [0.1, 0.15) is 26.2 Å². The standard InChI is InChI=1S/C17H20N4O2/c1-4-11(2)18-16(22)10-21-8-7-13-5-6-14(9-15(13)21)17-20-19-12(3)23-17/h5-9,11H,4,10H2,1-3H3,(H,18,22). The Bertz CT molecular complexity index is 834. The van der Waals surface area contributed by atoms with Gasteiger partial charge in [0.1, 0.15) is 6.54 Å². The van der Waals surface area contributed by atoms with Crippen LogP contribution in [0.3, 0.4) is 0 Å². The van der Waals surface area contributed by atoms with Gasteiger partial charge in [-0.1, -0.05) is 13.0 Å². The van der Waals surface area contributed by atoms with Crippen molar-refractivity contribution in [1.82, 2.24) is 20.1 Å². The van der Waals surface area contributed by atoms with Gasteiger partial charge in [0, 0.05) is 30.2 Å². The van der Waals surface area contributed by atoms with Crippen molar-refractivity contribution in [2.75, 3.05) is 0 Å². The number of aryl methyl sites for hydroxylation is 1. The summed E-state index contributed by atoms with van der Waals surface area (Å²) in [6, 6.07) is 8.08. The quantitative estimate of drug-likeness (QED) is 0.786. The van der Waals surface area contributed by atoms with E-state index in [1.165, 1.54) is 0 Å². The largest absolute Gasteiger partial charge is 0.421 e. The molecule has 120 valence electrons. The average Bonchev–Trinajstić information content (AvgIpc) is 3.13. The molecule has 23 heavy (non-hydrogen) atoms. The second-order valence-corrected chi connectivity index (χ2v) is 5.72. The van der Waals surface area contributed by atoms with Crippen molar-refractivity contribution in [3.8, 4) is 11.5 Å². The predicted octanol–water partition coefficient (Wildman–Crippen LogP) is 2.91. The molecule has 0 aliphatic rings. The first kappa shape index (κ1) is 15.3. The number of hydrogen-bond acceptors (Lipinski definition) is 4. The highest BCUT2D eigenvalue weighted by atomic mass is 16.4. The van der Waals surface area contributed by atoms with Crippen molar-refractivity contribution >= 4 is 16.8 Å². The van der Waals surface area contributed by atoms with Gasteiger partial charge >= 0.3 is 0 Å². The molecule has 2 aromatic heterocycles. The van der Waals surface area contributed by atoms with Gasteiger partial charge in [0.2, 0.25) is 17.7 Å². The SMILES string of the molecule is CCC(C)NC(=O)Cn1ccc2ccc(-c3nnc(C)o3)cc21. The Balaban J connectivity index is 1.88. The van der Waals surface area contributed by atoms with Crippen molar-refractivity contribution < 1.29 is 9.21 Å². The van der Waals surface area contributed by atoms with Gasteiger partial charge in [-0.3, -0.25) is 4.79 Å². The minimum Gasteiger partial charge on any atom is -0.421 e. The number of rotatable bonds is 5. The molecule has 0 fully saturated rings. The molecular formula is C17H20N4O2. The molecule has 1 amide bonds. The van der Waals surface area contributed by atoms with Crippen LogP contribution >= 0.6 is 0 Å². The van der Waals surface area contributed by atoms with Crippen LogP contribution in [0.2, 0.25) is 0 Å². The zero-order valence-corrected chi connectivity index (χ0v) is 13.5. The molecule has 0 saturated carbocycles. The molecule has 1 aromatic carbocycles. The summed E-state index contributed by atoms with van der Waals surface area (Å²) in [6.07, 6.45) is 2.84. The molecule has 6 nitrogen and oxygen atoms in total. The Hall–Kier alpha value is -2.63. The highest BCUT2D eigenvalue weighted by Crippen LogP contribution is 2.24. The zero-order valence-electron chi connectivity index (χ0n) is 13.5. The van der Waals surface area contributed by atoms with E-state index in [4.69, 9.17) is 4.42 Å². The lowest BCUT2D eigenvalue weighted by Crippen LogP contribution is -2.34. The average molecular weight is 312 g/mol. The Morgan fingerprint density at radius 1 is 1.35 bits per heavy atom. The van der Waals surface area contributed by atoms with Crippen LogP contribution in [-0.4, -0.2) is 26.7 Å². The Morgan fingerprint density at radius 3 is 2.87 bits per heavy atom. The molecule has 0 radical (unpaired) electrons. The molecule has 3 rings (SSSR count). The van der Waals surface area contributed by atoms with Crippen LogP contribution < -0.4 is 5.32 Å². The molecule has 1 unspecified atom stereocenters. The maximum Gasteiger partial charge on any atom is 0.247 e. The number of aromatic nitrogens is 3. The number of amides is 1. The molecule has 0 spiro atoms. The van der Waals surface area contributed by atoms with Crippen LogP contribution in [0.4, 0.5) is 0 Å². The molecule has 0 aliphatic carbocycles. The lowest BCUT2D eigenvalue weighted by atomic mass is 10.1. The van der Waals surface area contributed by atoms with Crippen LogP contribution in [0, 0.1) is 6.92 Å². The van der Waals surface area contributed by atoms with E-state index in [-0.39, 0.29) is 11.9 Å². The molecule has 1 atom stereocenters. The van der Waals surface area contributed by atoms with Gasteiger partial charge in [0.25, 0.3) is 0 Å². The first-order valence-corrected chi connectivity index (χ1v) is 7.75. The molecule has 0 saturated heterocycles. The van der Waals surface area contributed by atoms with E-state index in [9.17, 15) is 4.79 Å². The fourth-order valence-corrected chi connectivity index (χ4v) is 2.45. The minimum absolute atomic E-state index is 0.0101. The third-order valence-corrected chi connectivity index (χ3v) is 3.88. The number of carbonyl (C=O) groups is 1. The first-order chi connectivity index (χ1) is 11.1. The van der Waals surface area contributed by atoms with Crippen molar-refractivity contribution in [1.29, 1.82) is 0 Å². The second-order valence-electron chi connectivity index (χ2n) is 5.72. The third kappa shape index (κ3) is 3.26. The Kier molecular flexibility index (Phi) is 4.14. The summed E-state index contributed by atoms with van der Waals surface area (Å²) in [5, 5.41) is 12.0. The molecule has 0 aliphatic heterocycles. The minimum atomic E-state index is 0.0101. The van der Waals surface area contributed by atoms with Crippen LogP contribution in [0.25, 0.3) is 22.4 Å². The number of benzene rings is 1. The summed E-state index contributed by atoms with van der Waals surface area (Å²) < 4.78 is 7.40. The molecular weight excluding hydrogens is 292 g/mol. The summed E-state index contributed by atoms with van der Waals surface area (Å²) in [7, 11) is 0. The number of nitrogens with zero attached hydrogens (tertiary/aromatic N) is 3. The van der Waals surface area contributed by atoms with E-state index in [1.807, 2.05) is 42.0 Å². The Morgan fingerprint density at radius 2 is 2.17 bits per heavy atom. The maximum atomic E-state index is 12.1. The van der Waals surface area contributed by atoms with E-state index in [2.05, 4.69) is 22.4 Å². The van der Waals surface area contributed by atoms with E-state index in [0.29, 0.717) is 18.3 Å². The fourth-order valence-electron chi connectivity index (χ4n) is 2.45. The fraction of sp³-hybridized carbons (Fsp3) is 0.353. The molecule has 2 heterocycles. The highest BCUT2D eigenvalue weighted by molar-refractivity contribution is 5.86. The van der Waals surface area contributed by atoms with Gasteiger partial charge in [0.15, 0.2) is 0 Å². The van der Waals surface area contributed by atoms with Gasteiger partial charge in [-0.2, -0.15) is 0 Å². The summed E-state index contributed by atoms with van der Waals surface area (Å²) in [5.74, 6) is 1.03. The second kappa shape index (κ2) is 6.24. The highest BCUT2D eigenvalue weighted by Gasteiger charge is 2.11. The van der Waals surface area contributed by atoms with Gasteiger partial charge in [-0.05, 0) is 36.9 Å². The first-order valence-electron chi connectivity index (χ1n) is 7.75. The van der Waals surface area contributed by atoms with E-state index in [0.717, 1.165) is 22.9 Å². The van der Waals surface area contributed by atoms with Gasteiger partial charge in [-0.25, -0.2) is 0 Å². The summed E-state index contributed by atoms with van der Waals surface area (Å²) in [4.78, 5) is 12.1.